The maximum Gasteiger partial charge on any atom is 0.251 e. The van der Waals surface area contributed by atoms with Gasteiger partial charge in [-0.15, -0.1) is 0 Å². The molecule has 6 rings (SSSR count). The molecule has 304 valence electrons. The fourth-order valence-electron chi connectivity index (χ4n) is 5.88. The number of aromatic nitrogens is 3. The molecule has 0 aliphatic carbocycles. The number of nitrogens with zero attached hydrogens (tertiary/aromatic N) is 5. The van der Waals surface area contributed by atoms with Gasteiger partial charge in [-0.2, -0.15) is 10.2 Å². The van der Waals surface area contributed by atoms with Crippen LogP contribution in [0.1, 0.15) is 95.0 Å². The van der Waals surface area contributed by atoms with Gasteiger partial charge in [-0.25, -0.2) is 14.4 Å². The number of halogens is 2. The molecule has 0 saturated carbocycles. The van der Waals surface area contributed by atoms with Crippen LogP contribution in [0, 0.1) is 17.1 Å². The van der Waals surface area contributed by atoms with Crippen LogP contribution in [0.4, 0.5) is 8.92 Å². The number of benzene rings is 2. The van der Waals surface area contributed by atoms with Crippen molar-refractivity contribution in [2.75, 3.05) is 26.3 Å². The molecule has 2 N–H and O–H groups in total. The van der Waals surface area contributed by atoms with Crippen LogP contribution in [-0.2, 0) is 34.1 Å². The molecule has 2 aliphatic heterocycles. The van der Waals surface area contributed by atoms with E-state index >= 15 is 0 Å². The second-order valence-corrected chi connectivity index (χ2v) is 15.0. The minimum absolute atomic E-state index is 0.0918. The number of aliphatic hydroxyl groups is 1. The second kappa shape index (κ2) is 20.6. The molecular formula is C42H56F2N6O6. The maximum atomic E-state index is 13.5. The normalized spacial score (nSPS) is 18.4. The minimum atomic E-state index is -0.868. The molecule has 2 fully saturated rings. The SMILES string of the molecule is CC.CCC(C)(C)OCC(C)(C)NC(=O)c1ccc2nc(CN3CCC(O)C(OF)C3)n(CC3CCO3)c2c1.N#Cc1ccc(COc2ccccn2)c(F)c1. The van der Waals surface area contributed by atoms with E-state index < -0.39 is 23.6 Å². The van der Waals surface area contributed by atoms with Gasteiger partial charge in [0.2, 0.25) is 5.88 Å². The summed E-state index contributed by atoms with van der Waals surface area (Å²) in [5.41, 5.74) is 2.08. The molecule has 4 heterocycles. The third-order valence-electron chi connectivity index (χ3n) is 9.68. The lowest BCUT2D eigenvalue weighted by Gasteiger charge is -2.34. The first-order chi connectivity index (χ1) is 26.8. The van der Waals surface area contributed by atoms with E-state index in [1.54, 1.807) is 36.5 Å². The number of nitriles is 1. The van der Waals surface area contributed by atoms with Crippen LogP contribution >= 0.6 is 0 Å². The molecule has 2 aliphatic rings. The highest BCUT2D eigenvalue weighted by molar-refractivity contribution is 5.97. The summed E-state index contributed by atoms with van der Waals surface area (Å²) in [5, 5.41) is 21.7. The maximum absolute atomic E-state index is 13.5. The Bertz CT molecular complexity index is 1900. The number of carbonyl (C=O) groups excluding carboxylic acids is 1. The largest absolute Gasteiger partial charge is 0.473 e. The highest BCUT2D eigenvalue weighted by Crippen LogP contribution is 2.25. The van der Waals surface area contributed by atoms with E-state index in [-0.39, 0.29) is 30.8 Å². The van der Waals surface area contributed by atoms with Crippen molar-refractivity contribution in [1.82, 2.24) is 24.8 Å². The van der Waals surface area contributed by atoms with Crippen molar-refractivity contribution in [2.24, 2.45) is 0 Å². The van der Waals surface area contributed by atoms with E-state index in [1.165, 1.54) is 12.1 Å². The summed E-state index contributed by atoms with van der Waals surface area (Å²) in [4.78, 5) is 28.0. The molecule has 3 atom stereocenters. The molecular weight excluding hydrogens is 722 g/mol. The highest BCUT2D eigenvalue weighted by Gasteiger charge is 2.31. The first kappa shape index (κ1) is 44.2. The van der Waals surface area contributed by atoms with Crippen LogP contribution in [0.3, 0.4) is 0 Å². The number of carbonyl (C=O) groups is 1. The van der Waals surface area contributed by atoms with E-state index in [4.69, 9.17) is 24.5 Å². The molecule has 12 nitrogen and oxygen atoms in total. The molecule has 1 amide bonds. The number of ether oxygens (including phenoxy) is 3. The van der Waals surface area contributed by atoms with Crippen molar-refractivity contribution in [2.45, 2.75) is 117 Å². The zero-order valence-electron chi connectivity index (χ0n) is 33.6. The van der Waals surface area contributed by atoms with E-state index in [2.05, 4.69) is 26.7 Å². The topological polar surface area (TPSA) is 144 Å². The standard InChI is InChI=1S/C27H41FN4O5.C13H9FN2O.C2H6/c1-6-27(4,5)36-17-26(2,3)30-25(34)18-7-8-20-21(13-18)32(14-19-10-12-35-19)24(29-20)16-31-11-9-22(33)23(15-31)37-28;14-12-7-10(8-15)4-5-11(12)9-17-13-3-1-2-6-16-13;1-2/h7-8,13,19,22-23,33H,6,9-12,14-17H2,1-5H3,(H,30,34);1-7H,9H2;1-2H3. The number of hydrogen-bond acceptors (Lipinski definition) is 10. The van der Waals surface area contributed by atoms with Crippen LogP contribution in [0.15, 0.2) is 60.8 Å². The Morgan fingerprint density at radius 1 is 1.12 bits per heavy atom. The zero-order valence-corrected chi connectivity index (χ0v) is 33.6. The van der Waals surface area contributed by atoms with E-state index in [0.717, 1.165) is 36.3 Å². The van der Waals surface area contributed by atoms with Crippen LogP contribution in [0.5, 0.6) is 5.88 Å². The van der Waals surface area contributed by atoms with Gasteiger partial charge in [0.15, 0.2) is 0 Å². The van der Waals surface area contributed by atoms with E-state index in [9.17, 15) is 18.8 Å². The van der Waals surface area contributed by atoms with Crippen LogP contribution in [0.2, 0.25) is 0 Å². The van der Waals surface area contributed by atoms with E-state index in [1.807, 2.05) is 64.6 Å². The molecule has 3 unspecified atom stereocenters. The van der Waals surface area contributed by atoms with Gasteiger partial charge in [-0.05, 0) is 87.9 Å². The first-order valence-corrected chi connectivity index (χ1v) is 19.3. The predicted octanol–water partition coefficient (Wildman–Crippen LogP) is 7.07. The Morgan fingerprint density at radius 2 is 1.89 bits per heavy atom. The van der Waals surface area contributed by atoms with Gasteiger partial charge < -0.3 is 29.2 Å². The number of rotatable bonds is 14. The van der Waals surface area contributed by atoms with Gasteiger partial charge in [0, 0.05) is 43.1 Å². The van der Waals surface area contributed by atoms with Gasteiger partial charge >= 0.3 is 0 Å². The van der Waals surface area contributed by atoms with Gasteiger partial charge in [-0.1, -0.05) is 32.9 Å². The second-order valence-electron chi connectivity index (χ2n) is 15.0. The molecule has 56 heavy (non-hydrogen) atoms. The van der Waals surface area contributed by atoms with Crippen molar-refractivity contribution < 1.29 is 38.0 Å². The Morgan fingerprint density at radius 3 is 2.52 bits per heavy atom. The third kappa shape index (κ3) is 12.5. The smallest absolute Gasteiger partial charge is 0.251 e. The van der Waals surface area contributed by atoms with Gasteiger partial charge in [-0.3, -0.25) is 9.69 Å². The van der Waals surface area contributed by atoms with Crippen molar-refractivity contribution in [3.63, 3.8) is 0 Å². The van der Waals surface area contributed by atoms with E-state index in [0.29, 0.717) is 55.2 Å². The van der Waals surface area contributed by atoms with Crippen LogP contribution in [-0.4, -0.2) is 86.2 Å². The molecule has 2 aromatic heterocycles. The fraction of sp³-hybridized carbons (Fsp3) is 0.524. The predicted molar refractivity (Wildman–Crippen MR) is 209 cm³/mol. The monoisotopic (exact) mass is 778 g/mol. The minimum Gasteiger partial charge on any atom is -0.473 e. The lowest BCUT2D eigenvalue weighted by Crippen LogP contribution is -2.48. The number of hydrogen-bond donors (Lipinski definition) is 2. The van der Waals surface area contributed by atoms with Crippen molar-refractivity contribution >= 4 is 16.9 Å². The molecule has 0 radical (unpaired) electrons. The summed E-state index contributed by atoms with van der Waals surface area (Å²) in [6.07, 6.45) is 2.29. The molecule has 2 saturated heterocycles. The Labute approximate surface area is 328 Å². The number of nitrogens with one attached hydrogen (secondary N) is 1. The molecule has 0 bridgehead atoms. The lowest BCUT2D eigenvalue weighted by molar-refractivity contribution is -0.223. The number of pyridine rings is 1. The fourth-order valence-corrected chi connectivity index (χ4v) is 5.88. The summed E-state index contributed by atoms with van der Waals surface area (Å²) in [5.74, 6) is 0.635. The summed E-state index contributed by atoms with van der Waals surface area (Å²) >= 11 is 0. The van der Waals surface area contributed by atoms with Crippen LogP contribution in [0.25, 0.3) is 11.0 Å². The van der Waals surface area contributed by atoms with Crippen molar-refractivity contribution in [3.05, 3.63) is 89.1 Å². The zero-order chi connectivity index (χ0) is 40.9. The van der Waals surface area contributed by atoms with Crippen LogP contribution < -0.4 is 10.1 Å². The van der Waals surface area contributed by atoms with Crippen molar-refractivity contribution in [1.29, 1.82) is 5.26 Å². The Hall–Kier alpha value is -4.52. The average Bonchev–Trinajstić information content (AvgIpc) is 3.52. The average molecular weight is 779 g/mol. The molecule has 0 spiro atoms. The third-order valence-corrected chi connectivity index (χ3v) is 9.68. The number of likely N-dealkylation sites (tertiary alicyclic amines) is 1. The summed E-state index contributed by atoms with van der Waals surface area (Å²) in [6, 6.07) is 16.9. The number of piperidine rings is 1. The van der Waals surface area contributed by atoms with Gasteiger partial charge in [0.1, 0.15) is 24.4 Å². The summed E-state index contributed by atoms with van der Waals surface area (Å²) in [7, 11) is 0. The van der Waals surface area contributed by atoms with Crippen molar-refractivity contribution in [3.8, 4) is 11.9 Å². The summed E-state index contributed by atoms with van der Waals surface area (Å²) in [6.45, 7) is 17.3. The summed E-state index contributed by atoms with van der Waals surface area (Å²) < 4.78 is 45.5. The van der Waals surface area contributed by atoms with Gasteiger partial charge in [0.25, 0.3) is 5.91 Å². The Kier molecular flexibility index (Phi) is 16.2. The quantitative estimate of drug-likeness (QED) is 0.136. The Balaban J connectivity index is 0.000000305. The number of amides is 1. The molecule has 4 aromatic rings. The first-order valence-electron chi connectivity index (χ1n) is 19.3. The van der Waals surface area contributed by atoms with Gasteiger partial charge in [0.05, 0.1) is 65.7 Å². The number of imidazole rings is 1. The highest BCUT2D eigenvalue weighted by atomic mass is 19.3. The number of aliphatic hydroxyl groups excluding tert-OH is 1. The molecule has 2 aromatic carbocycles. The molecule has 14 heteroatoms. The lowest BCUT2D eigenvalue weighted by atomic mass is 10.0. The number of fused-ring (bicyclic) bond motifs is 1.